The quantitative estimate of drug-likeness (QED) is 0.0480. The van der Waals surface area contributed by atoms with Crippen LogP contribution in [-0.4, -0.2) is 32.3 Å². The maximum atomic E-state index is 5.65. The molecule has 0 unspecified atom stereocenters. The molecule has 0 saturated carbocycles. The summed E-state index contributed by atoms with van der Waals surface area (Å²) in [4.78, 5) is 0. The van der Waals surface area contributed by atoms with E-state index in [0.29, 0.717) is 6.79 Å². The van der Waals surface area contributed by atoms with Crippen LogP contribution >= 0.6 is 0 Å². The molecule has 2 nitrogen and oxygen atoms in total. The molecule has 0 rings (SSSR count). The van der Waals surface area contributed by atoms with Crippen LogP contribution in [0.1, 0.15) is 137 Å². The first-order valence-electron chi connectivity index (χ1n) is 14.5. The predicted octanol–water partition coefficient (Wildman–Crippen LogP) is 10.7. The van der Waals surface area contributed by atoms with Gasteiger partial charge in [-0.2, -0.15) is 0 Å². The van der Waals surface area contributed by atoms with Crippen molar-refractivity contribution in [1.29, 1.82) is 0 Å². The van der Waals surface area contributed by atoms with Gasteiger partial charge >= 0.3 is 201 Å². The first-order valence-corrected chi connectivity index (χ1v) is 22.2. The van der Waals surface area contributed by atoms with E-state index in [1.807, 2.05) is 6.26 Å². The predicted molar refractivity (Wildman–Crippen MR) is 147 cm³/mol. The topological polar surface area (TPSA) is 18.5 Å². The summed E-state index contributed by atoms with van der Waals surface area (Å²) in [6.07, 6.45) is 28.6. The fourth-order valence-electron chi connectivity index (χ4n) is 5.23. The van der Waals surface area contributed by atoms with E-state index < -0.39 is 18.4 Å². The third kappa shape index (κ3) is 16.8. The molecule has 32 heavy (non-hydrogen) atoms. The molecule has 0 heterocycles. The van der Waals surface area contributed by atoms with Gasteiger partial charge in [-0.3, -0.25) is 0 Å². The van der Waals surface area contributed by atoms with Gasteiger partial charge in [-0.15, -0.1) is 0 Å². The fourth-order valence-corrected chi connectivity index (χ4v) is 23.3. The Balaban J connectivity index is 4.88. The molecule has 0 amide bonds. The minimum absolute atomic E-state index is 0.378. The molecular weight excluding hydrogens is 499 g/mol. The molecule has 0 radical (unpaired) electrons. The second-order valence-electron chi connectivity index (χ2n) is 10.2. The summed E-state index contributed by atoms with van der Waals surface area (Å²) in [5.41, 5.74) is 0. The minimum atomic E-state index is -2.27. The number of ether oxygens (including phenoxy) is 2. The molecule has 1 atom stereocenters. The summed E-state index contributed by atoms with van der Waals surface area (Å²) >= 11 is -2.27. The third-order valence-corrected chi connectivity index (χ3v) is 24.7. The molecular formula is C29H60O2Sn. The van der Waals surface area contributed by atoms with Crippen LogP contribution in [0.2, 0.25) is 17.2 Å². The number of methoxy groups -OCH3 is 1. The number of hydrogen-bond donors (Lipinski definition) is 0. The molecule has 0 N–H and O–H groups in total. The van der Waals surface area contributed by atoms with Gasteiger partial charge in [0, 0.05) is 0 Å². The molecule has 0 aromatic heterocycles. The van der Waals surface area contributed by atoms with Crippen LogP contribution in [0.5, 0.6) is 0 Å². The standard InChI is InChI=1S/C17H33O2.3C4H9.Sn/c1-3-4-5-6-7-8-9-10-11-12-13-14-15-16-19-17-18-2;3*1-3-4-2;/h14-16H,3-13,17H2,1-2H3;3*1,3-4H2,2H3;/b16-15-;;;;. The molecule has 0 bridgehead atoms. The van der Waals surface area contributed by atoms with Crippen molar-refractivity contribution in [3.05, 3.63) is 12.3 Å². The van der Waals surface area contributed by atoms with E-state index in [-0.39, 0.29) is 0 Å². The fraction of sp³-hybridized carbons (Fsp3) is 0.931. The first-order chi connectivity index (χ1) is 15.7. The zero-order chi connectivity index (χ0) is 23.8. The van der Waals surface area contributed by atoms with E-state index in [1.165, 1.54) is 109 Å². The van der Waals surface area contributed by atoms with Crippen LogP contribution in [0.15, 0.2) is 12.3 Å². The van der Waals surface area contributed by atoms with Crippen molar-refractivity contribution < 1.29 is 9.47 Å². The maximum absolute atomic E-state index is 5.65. The van der Waals surface area contributed by atoms with E-state index in [1.54, 1.807) is 20.4 Å². The van der Waals surface area contributed by atoms with Gasteiger partial charge in [-0.25, -0.2) is 0 Å². The Morgan fingerprint density at radius 2 is 1.03 bits per heavy atom. The van der Waals surface area contributed by atoms with Crippen molar-refractivity contribution in [2.24, 2.45) is 0 Å². The van der Waals surface area contributed by atoms with E-state index >= 15 is 0 Å². The summed E-state index contributed by atoms with van der Waals surface area (Å²) in [5.74, 6) is 0. The van der Waals surface area contributed by atoms with Crippen LogP contribution in [-0.2, 0) is 9.47 Å². The van der Waals surface area contributed by atoms with Crippen molar-refractivity contribution in [3.63, 3.8) is 0 Å². The molecule has 0 aliphatic rings. The van der Waals surface area contributed by atoms with Gasteiger partial charge in [0.05, 0.1) is 0 Å². The molecule has 0 spiro atoms. The summed E-state index contributed by atoms with van der Waals surface area (Å²) in [5, 5.41) is 0. The number of hydrogen-bond acceptors (Lipinski definition) is 2. The van der Waals surface area contributed by atoms with Crippen LogP contribution < -0.4 is 0 Å². The van der Waals surface area contributed by atoms with Crippen molar-refractivity contribution in [1.82, 2.24) is 0 Å². The zero-order valence-corrected chi connectivity index (χ0v) is 25.8. The Morgan fingerprint density at radius 3 is 1.47 bits per heavy atom. The molecule has 0 fully saturated rings. The SMILES string of the molecule is CCCCCCCCCCCC[C@@H](/C=C\OCOC)[Sn]([CH2]CCC)([CH2]CCC)[CH2]CCC. The zero-order valence-electron chi connectivity index (χ0n) is 22.9. The Labute approximate surface area is 207 Å². The molecule has 0 saturated heterocycles. The van der Waals surface area contributed by atoms with Gasteiger partial charge in [-0.1, -0.05) is 6.92 Å². The van der Waals surface area contributed by atoms with Crippen LogP contribution in [0.3, 0.4) is 0 Å². The summed E-state index contributed by atoms with van der Waals surface area (Å²) in [6.45, 7) is 9.82. The Morgan fingerprint density at radius 1 is 0.594 bits per heavy atom. The van der Waals surface area contributed by atoms with Crippen molar-refractivity contribution in [2.45, 2.75) is 154 Å². The monoisotopic (exact) mass is 560 g/mol. The molecule has 0 aliphatic heterocycles. The Hall–Kier alpha value is 0.299. The average Bonchev–Trinajstić information content (AvgIpc) is 2.81. The van der Waals surface area contributed by atoms with Gasteiger partial charge in [0.25, 0.3) is 0 Å². The third-order valence-electron chi connectivity index (χ3n) is 7.33. The summed E-state index contributed by atoms with van der Waals surface area (Å²) < 4.78 is 16.4. The van der Waals surface area contributed by atoms with Crippen LogP contribution in [0.25, 0.3) is 0 Å². The van der Waals surface area contributed by atoms with Crippen molar-refractivity contribution in [3.8, 4) is 0 Å². The Kier molecular flexibility index (Phi) is 24.7. The number of unbranched alkanes of at least 4 members (excludes halogenated alkanes) is 12. The second kappa shape index (κ2) is 24.4. The normalized spacial score (nSPS) is 13.2. The first kappa shape index (κ1) is 32.3. The molecule has 0 aromatic rings. The van der Waals surface area contributed by atoms with Gasteiger partial charge in [0.15, 0.2) is 0 Å². The van der Waals surface area contributed by atoms with E-state index in [0.717, 1.165) is 3.93 Å². The van der Waals surface area contributed by atoms with Gasteiger partial charge in [-0.05, 0) is 0 Å². The van der Waals surface area contributed by atoms with E-state index in [2.05, 4.69) is 33.8 Å². The van der Waals surface area contributed by atoms with Crippen LogP contribution in [0, 0.1) is 0 Å². The second-order valence-corrected chi connectivity index (χ2v) is 24.3. The average molecular weight is 560 g/mol. The number of allylic oxidation sites excluding steroid dienone is 1. The number of rotatable bonds is 25. The van der Waals surface area contributed by atoms with Gasteiger partial charge < -0.3 is 0 Å². The van der Waals surface area contributed by atoms with Gasteiger partial charge in [0.1, 0.15) is 0 Å². The molecule has 192 valence electrons. The molecule has 0 aliphatic carbocycles. The van der Waals surface area contributed by atoms with Crippen LogP contribution in [0.4, 0.5) is 0 Å². The Bertz CT molecular complexity index is 375. The van der Waals surface area contributed by atoms with Crippen molar-refractivity contribution >= 4 is 18.4 Å². The van der Waals surface area contributed by atoms with E-state index in [9.17, 15) is 0 Å². The van der Waals surface area contributed by atoms with E-state index in [4.69, 9.17) is 9.47 Å². The summed E-state index contributed by atoms with van der Waals surface area (Å²) in [6, 6.07) is 0. The summed E-state index contributed by atoms with van der Waals surface area (Å²) in [7, 11) is 1.71. The van der Waals surface area contributed by atoms with Crippen molar-refractivity contribution in [2.75, 3.05) is 13.9 Å². The molecule has 3 heteroatoms. The van der Waals surface area contributed by atoms with Gasteiger partial charge in [0.2, 0.25) is 0 Å². The molecule has 0 aromatic carbocycles.